The van der Waals surface area contributed by atoms with E-state index in [1.807, 2.05) is 13.0 Å². The van der Waals surface area contributed by atoms with Crippen LogP contribution in [0.1, 0.15) is 21.7 Å². The van der Waals surface area contributed by atoms with E-state index in [9.17, 15) is 13.2 Å². The number of hydrogen-bond acceptors (Lipinski definition) is 5. The zero-order valence-electron chi connectivity index (χ0n) is 14.4. The third-order valence-corrected chi connectivity index (χ3v) is 4.95. The van der Waals surface area contributed by atoms with Crippen LogP contribution in [0.4, 0.5) is 0 Å². The minimum Gasteiger partial charge on any atom is -0.347 e. The van der Waals surface area contributed by atoms with E-state index in [0.29, 0.717) is 5.82 Å². The van der Waals surface area contributed by atoms with E-state index in [1.165, 1.54) is 12.1 Å². The number of rotatable bonds is 5. The van der Waals surface area contributed by atoms with Gasteiger partial charge in [0.1, 0.15) is 5.69 Å². The fraction of sp³-hybridized carbons (Fsp3) is 0.167. The lowest BCUT2D eigenvalue weighted by Gasteiger charge is -2.08. The van der Waals surface area contributed by atoms with Crippen molar-refractivity contribution in [1.82, 2.24) is 20.1 Å². The lowest BCUT2D eigenvalue weighted by molar-refractivity contribution is 0.0946. The summed E-state index contributed by atoms with van der Waals surface area (Å²) >= 11 is 0. The van der Waals surface area contributed by atoms with Crippen LogP contribution in [-0.2, 0) is 16.4 Å². The SMILES string of the molecule is Cc1ccnn1-c1cccc(C(=O)NCc2ccc(S(C)(=O)=O)cc2)n1. The molecule has 3 aromatic rings. The number of amides is 1. The van der Waals surface area contributed by atoms with Crippen molar-refractivity contribution in [2.75, 3.05) is 6.26 Å². The van der Waals surface area contributed by atoms with Gasteiger partial charge in [0.05, 0.1) is 4.90 Å². The van der Waals surface area contributed by atoms with Crippen molar-refractivity contribution in [3.05, 3.63) is 71.7 Å². The number of nitrogens with one attached hydrogen (secondary N) is 1. The van der Waals surface area contributed by atoms with E-state index in [0.717, 1.165) is 17.5 Å². The molecule has 134 valence electrons. The van der Waals surface area contributed by atoms with Gasteiger partial charge in [-0.3, -0.25) is 4.79 Å². The van der Waals surface area contributed by atoms with Crippen molar-refractivity contribution in [2.24, 2.45) is 0 Å². The molecule has 1 amide bonds. The van der Waals surface area contributed by atoms with Gasteiger partial charge in [-0.1, -0.05) is 18.2 Å². The van der Waals surface area contributed by atoms with Crippen LogP contribution in [0.15, 0.2) is 59.6 Å². The van der Waals surface area contributed by atoms with Crippen LogP contribution in [0, 0.1) is 6.92 Å². The highest BCUT2D eigenvalue weighted by atomic mass is 32.2. The van der Waals surface area contributed by atoms with Crippen LogP contribution in [0.5, 0.6) is 0 Å². The number of aromatic nitrogens is 3. The predicted octanol–water partition coefficient (Wildman–Crippen LogP) is 1.91. The fourth-order valence-electron chi connectivity index (χ4n) is 2.40. The number of sulfone groups is 1. The van der Waals surface area contributed by atoms with Gasteiger partial charge in [-0.15, -0.1) is 0 Å². The summed E-state index contributed by atoms with van der Waals surface area (Å²) in [7, 11) is -3.23. The molecule has 2 aromatic heterocycles. The molecule has 0 fully saturated rings. The third kappa shape index (κ3) is 3.97. The zero-order chi connectivity index (χ0) is 18.7. The number of carbonyl (C=O) groups excluding carboxylic acids is 1. The third-order valence-electron chi connectivity index (χ3n) is 3.82. The topological polar surface area (TPSA) is 94.0 Å². The van der Waals surface area contributed by atoms with Crippen molar-refractivity contribution in [1.29, 1.82) is 0 Å². The van der Waals surface area contributed by atoms with Crippen molar-refractivity contribution in [2.45, 2.75) is 18.4 Å². The van der Waals surface area contributed by atoms with Crippen molar-refractivity contribution in [3.63, 3.8) is 0 Å². The van der Waals surface area contributed by atoms with Gasteiger partial charge in [-0.2, -0.15) is 5.10 Å². The average Bonchev–Trinajstić information content (AvgIpc) is 3.05. The molecule has 8 heteroatoms. The van der Waals surface area contributed by atoms with Crippen LogP contribution < -0.4 is 5.32 Å². The Morgan fingerprint density at radius 1 is 1.12 bits per heavy atom. The lowest BCUT2D eigenvalue weighted by atomic mass is 10.2. The summed E-state index contributed by atoms with van der Waals surface area (Å²) in [4.78, 5) is 16.9. The van der Waals surface area contributed by atoms with Gasteiger partial charge in [0.15, 0.2) is 15.7 Å². The van der Waals surface area contributed by atoms with E-state index in [4.69, 9.17) is 0 Å². The largest absolute Gasteiger partial charge is 0.347 e. The van der Waals surface area contributed by atoms with E-state index in [1.54, 1.807) is 41.2 Å². The predicted molar refractivity (Wildman–Crippen MR) is 96.8 cm³/mol. The minimum absolute atomic E-state index is 0.247. The van der Waals surface area contributed by atoms with E-state index in [2.05, 4.69) is 15.4 Å². The molecule has 0 atom stereocenters. The Bertz CT molecular complexity index is 1040. The summed E-state index contributed by atoms with van der Waals surface area (Å²) in [5.74, 6) is 0.251. The number of hydrogen-bond donors (Lipinski definition) is 1. The number of benzene rings is 1. The Morgan fingerprint density at radius 3 is 2.46 bits per heavy atom. The fourth-order valence-corrected chi connectivity index (χ4v) is 3.03. The van der Waals surface area contributed by atoms with Gasteiger partial charge in [-0.05, 0) is 42.8 Å². The smallest absolute Gasteiger partial charge is 0.270 e. The molecule has 26 heavy (non-hydrogen) atoms. The first-order valence-corrected chi connectivity index (χ1v) is 9.79. The van der Waals surface area contributed by atoms with Crippen molar-refractivity contribution < 1.29 is 13.2 Å². The van der Waals surface area contributed by atoms with Crippen molar-refractivity contribution >= 4 is 15.7 Å². The van der Waals surface area contributed by atoms with Crippen LogP contribution in [0.3, 0.4) is 0 Å². The molecule has 0 bridgehead atoms. The van der Waals surface area contributed by atoms with E-state index in [-0.39, 0.29) is 23.0 Å². The molecular weight excluding hydrogens is 352 g/mol. The highest BCUT2D eigenvalue weighted by Gasteiger charge is 2.11. The molecule has 1 aromatic carbocycles. The molecule has 0 aliphatic rings. The standard InChI is InChI=1S/C18H18N4O3S/c1-13-10-11-20-22(13)17-5-3-4-16(21-17)18(23)19-12-14-6-8-15(9-7-14)26(2,24)25/h3-11H,12H2,1-2H3,(H,19,23). The maximum Gasteiger partial charge on any atom is 0.270 e. The molecular formula is C18H18N4O3S. The summed E-state index contributed by atoms with van der Waals surface area (Å²) in [6.07, 6.45) is 2.83. The summed E-state index contributed by atoms with van der Waals surface area (Å²) in [6.45, 7) is 2.18. The monoisotopic (exact) mass is 370 g/mol. The first kappa shape index (κ1) is 17.8. The average molecular weight is 370 g/mol. The number of carbonyl (C=O) groups is 1. The lowest BCUT2D eigenvalue weighted by Crippen LogP contribution is -2.24. The normalized spacial score (nSPS) is 11.3. The van der Waals surface area contributed by atoms with Gasteiger partial charge < -0.3 is 5.32 Å². The zero-order valence-corrected chi connectivity index (χ0v) is 15.2. The molecule has 2 heterocycles. The van der Waals surface area contributed by atoms with Crippen LogP contribution in [-0.4, -0.2) is 35.3 Å². The summed E-state index contributed by atoms with van der Waals surface area (Å²) < 4.78 is 24.6. The Labute approximate surface area is 151 Å². The van der Waals surface area contributed by atoms with E-state index >= 15 is 0 Å². The summed E-state index contributed by atoms with van der Waals surface area (Å²) in [5, 5.41) is 6.96. The molecule has 0 spiro atoms. The molecule has 0 aliphatic carbocycles. The van der Waals surface area contributed by atoms with E-state index < -0.39 is 9.84 Å². The molecule has 1 N–H and O–H groups in total. The maximum absolute atomic E-state index is 12.4. The minimum atomic E-state index is -3.23. The highest BCUT2D eigenvalue weighted by Crippen LogP contribution is 2.11. The molecule has 0 aliphatic heterocycles. The Hall–Kier alpha value is -3.00. The summed E-state index contributed by atoms with van der Waals surface area (Å²) in [5.41, 5.74) is 2.00. The highest BCUT2D eigenvalue weighted by molar-refractivity contribution is 7.90. The molecule has 7 nitrogen and oxygen atoms in total. The number of pyridine rings is 1. The van der Waals surface area contributed by atoms with Gasteiger partial charge >= 0.3 is 0 Å². The molecule has 0 radical (unpaired) electrons. The molecule has 0 unspecified atom stereocenters. The Morgan fingerprint density at radius 2 is 1.85 bits per heavy atom. The maximum atomic E-state index is 12.4. The van der Waals surface area contributed by atoms with Crippen LogP contribution >= 0.6 is 0 Å². The molecule has 3 rings (SSSR count). The number of aryl methyl sites for hydroxylation is 1. The van der Waals surface area contributed by atoms with Crippen LogP contribution in [0.2, 0.25) is 0 Å². The second-order valence-electron chi connectivity index (χ2n) is 5.86. The molecule has 0 saturated carbocycles. The van der Waals surface area contributed by atoms with Gasteiger partial charge in [0, 0.05) is 24.7 Å². The van der Waals surface area contributed by atoms with Crippen molar-refractivity contribution in [3.8, 4) is 5.82 Å². The van der Waals surface area contributed by atoms with Gasteiger partial charge in [-0.25, -0.2) is 18.1 Å². The quantitative estimate of drug-likeness (QED) is 0.740. The summed E-state index contributed by atoms with van der Waals surface area (Å²) in [6, 6.07) is 13.4. The number of nitrogens with zero attached hydrogens (tertiary/aromatic N) is 3. The van der Waals surface area contributed by atoms with Gasteiger partial charge in [0.2, 0.25) is 0 Å². The second-order valence-corrected chi connectivity index (χ2v) is 7.88. The second kappa shape index (κ2) is 7.09. The van der Waals surface area contributed by atoms with Crippen LogP contribution in [0.25, 0.3) is 5.82 Å². The van der Waals surface area contributed by atoms with Gasteiger partial charge in [0.25, 0.3) is 5.91 Å². The first-order chi connectivity index (χ1) is 12.3. The molecule has 0 saturated heterocycles. The first-order valence-electron chi connectivity index (χ1n) is 7.90. The Kier molecular flexibility index (Phi) is 4.85. The Balaban J connectivity index is 1.70.